The fourth-order valence-corrected chi connectivity index (χ4v) is 2.78. The summed E-state index contributed by atoms with van der Waals surface area (Å²) in [5, 5.41) is 9.26. The molecule has 6 heteroatoms. The summed E-state index contributed by atoms with van der Waals surface area (Å²) < 4.78 is 16.7. The number of hydrogen-bond donors (Lipinski definition) is 1. The van der Waals surface area contributed by atoms with Gasteiger partial charge in [-0.25, -0.2) is 4.79 Å². The van der Waals surface area contributed by atoms with E-state index < -0.39 is 12.1 Å². The fourth-order valence-electron chi connectivity index (χ4n) is 2.78. The number of carboxylic acid groups (broad SMARTS) is 1. The van der Waals surface area contributed by atoms with Gasteiger partial charge < -0.3 is 19.0 Å². The van der Waals surface area contributed by atoms with Crippen molar-refractivity contribution >= 4 is 16.9 Å². The van der Waals surface area contributed by atoms with Crippen LogP contribution in [0.4, 0.5) is 0 Å². The summed E-state index contributed by atoms with van der Waals surface area (Å²) in [5.74, 6) is -0.103. The van der Waals surface area contributed by atoms with E-state index in [1.54, 1.807) is 0 Å². The average Bonchev–Trinajstić information content (AvgIpc) is 2.63. The third-order valence-corrected chi connectivity index (χ3v) is 4.29. The Morgan fingerprint density at radius 1 is 1.11 bits per heavy atom. The van der Waals surface area contributed by atoms with Gasteiger partial charge in [-0.3, -0.25) is 4.79 Å². The van der Waals surface area contributed by atoms with Crippen molar-refractivity contribution in [2.75, 3.05) is 0 Å². The summed E-state index contributed by atoms with van der Waals surface area (Å²) in [5.41, 5.74) is 0.793. The molecule has 28 heavy (non-hydrogen) atoms. The molecule has 2 aromatic carbocycles. The molecule has 1 heterocycles. The monoisotopic (exact) mass is 382 g/mol. The molecule has 0 saturated carbocycles. The van der Waals surface area contributed by atoms with Crippen LogP contribution in [0.1, 0.15) is 33.3 Å². The quantitative estimate of drug-likeness (QED) is 0.686. The first-order valence-corrected chi connectivity index (χ1v) is 8.89. The molecular weight excluding hydrogens is 360 g/mol. The molecule has 0 aliphatic heterocycles. The van der Waals surface area contributed by atoms with Crippen LogP contribution in [-0.4, -0.2) is 17.2 Å². The third-order valence-electron chi connectivity index (χ3n) is 4.29. The van der Waals surface area contributed by atoms with Crippen LogP contribution in [0, 0.1) is 0 Å². The van der Waals surface area contributed by atoms with Crippen molar-refractivity contribution in [1.82, 2.24) is 0 Å². The molecule has 1 aromatic heterocycles. The number of carbonyl (C=O) groups is 1. The maximum Gasteiger partial charge on any atom is 0.344 e. The van der Waals surface area contributed by atoms with Crippen LogP contribution in [0.3, 0.4) is 0 Å². The highest BCUT2D eigenvalue weighted by atomic mass is 16.5. The standard InChI is InChI=1S/C22H22O6/c1-13(21(24)25)27-14-9-10-15-18(11-14)26-12-19(20(15)23)28-17-8-6-5-7-16(17)22(2,3)4/h5-13H,1-4H3,(H,24,25). The molecular formula is C22H22O6. The maximum atomic E-state index is 12.8. The molecule has 0 radical (unpaired) electrons. The van der Waals surface area contributed by atoms with E-state index in [1.807, 2.05) is 24.3 Å². The zero-order valence-electron chi connectivity index (χ0n) is 16.2. The molecule has 146 valence electrons. The van der Waals surface area contributed by atoms with Gasteiger partial charge in [0.25, 0.3) is 0 Å². The SMILES string of the molecule is CC(Oc1ccc2c(=O)c(Oc3ccccc3C(C)(C)C)coc2c1)C(=O)O. The molecule has 0 spiro atoms. The molecule has 0 aliphatic carbocycles. The molecule has 0 amide bonds. The number of para-hydroxylation sites is 1. The van der Waals surface area contributed by atoms with Gasteiger partial charge in [0.05, 0.1) is 5.39 Å². The minimum atomic E-state index is -1.08. The molecule has 1 N–H and O–H groups in total. The van der Waals surface area contributed by atoms with E-state index in [2.05, 4.69) is 20.8 Å². The Kier molecular flexibility index (Phi) is 5.14. The highest BCUT2D eigenvalue weighted by molar-refractivity contribution is 5.79. The third kappa shape index (κ3) is 4.01. The van der Waals surface area contributed by atoms with Crippen LogP contribution in [0.5, 0.6) is 17.2 Å². The van der Waals surface area contributed by atoms with E-state index in [0.717, 1.165) is 5.56 Å². The Bertz CT molecular complexity index is 1070. The van der Waals surface area contributed by atoms with E-state index in [0.29, 0.717) is 16.9 Å². The number of fused-ring (bicyclic) bond motifs is 1. The van der Waals surface area contributed by atoms with Gasteiger partial charge in [-0.1, -0.05) is 39.0 Å². The minimum absolute atomic E-state index is 0.0803. The van der Waals surface area contributed by atoms with Crippen LogP contribution >= 0.6 is 0 Å². The second kappa shape index (κ2) is 7.38. The van der Waals surface area contributed by atoms with Crippen molar-refractivity contribution < 1.29 is 23.8 Å². The van der Waals surface area contributed by atoms with Crippen molar-refractivity contribution in [3.63, 3.8) is 0 Å². The van der Waals surface area contributed by atoms with E-state index in [9.17, 15) is 9.59 Å². The molecule has 3 rings (SSSR count). The number of aliphatic carboxylic acids is 1. The Balaban J connectivity index is 1.96. The number of benzene rings is 2. The van der Waals surface area contributed by atoms with Gasteiger partial charge in [0.15, 0.2) is 6.10 Å². The lowest BCUT2D eigenvalue weighted by atomic mass is 9.86. The van der Waals surface area contributed by atoms with E-state index in [1.165, 1.54) is 31.4 Å². The Labute approximate surface area is 162 Å². The zero-order chi connectivity index (χ0) is 20.5. The number of rotatable bonds is 5. The molecule has 6 nitrogen and oxygen atoms in total. The van der Waals surface area contributed by atoms with Gasteiger partial charge in [0.2, 0.25) is 11.2 Å². The molecule has 1 unspecified atom stereocenters. The lowest BCUT2D eigenvalue weighted by Crippen LogP contribution is -2.22. The average molecular weight is 382 g/mol. The van der Waals surface area contributed by atoms with E-state index >= 15 is 0 Å². The van der Waals surface area contributed by atoms with Gasteiger partial charge >= 0.3 is 5.97 Å². The lowest BCUT2D eigenvalue weighted by Gasteiger charge is -2.22. The van der Waals surface area contributed by atoms with Crippen LogP contribution in [-0.2, 0) is 10.2 Å². The minimum Gasteiger partial charge on any atom is -0.479 e. The highest BCUT2D eigenvalue weighted by Gasteiger charge is 2.20. The first-order valence-electron chi connectivity index (χ1n) is 8.89. The fraction of sp³-hybridized carbons (Fsp3) is 0.273. The largest absolute Gasteiger partial charge is 0.479 e. The second-order valence-corrected chi connectivity index (χ2v) is 7.53. The van der Waals surface area contributed by atoms with Crippen molar-refractivity contribution in [3.05, 3.63) is 64.5 Å². The van der Waals surface area contributed by atoms with Crippen LogP contribution < -0.4 is 14.9 Å². The number of hydrogen-bond acceptors (Lipinski definition) is 5. The van der Waals surface area contributed by atoms with Gasteiger partial charge in [0.1, 0.15) is 23.3 Å². The van der Waals surface area contributed by atoms with Gasteiger partial charge in [-0.05, 0) is 30.5 Å². The molecule has 1 atom stereocenters. The molecule has 0 fully saturated rings. The molecule has 0 aliphatic rings. The smallest absolute Gasteiger partial charge is 0.344 e. The number of ether oxygens (including phenoxy) is 2. The molecule has 3 aromatic rings. The van der Waals surface area contributed by atoms with Crippen LogP contribution in [0.15, 0.2) is 57.9 Å². The predicted molar refractivity (Wildman–Crippen MR) is 105 cm³/mol. The molecule has 0 saturated heterocycles. The molecule has 0 bridgehead atoms. The van der Waals surface area contributed by atoms with Gasteiger partial charge in [-0.15, -0.1) is 0 Å². The Hall–Kier alpha value is -3.28. The lowest BCUT2D eigenvalue weighted by molar-refractivity contribution is -0.144. The Morgan fingerprint density at radius 3 is 2.50 bits per heavy atom. The predicted octanol–water partition coefficient (Wildman–Crippen LogP) is 4.73. The summed E-state index contributed by atoms with van der Waals surface area (Å²) >= 11 is 0. The van der Waals surface area contributed by atoms with Gasteiger partial charge in [0, 0.05) is 11.6 Å². The van der Waals surface area contributed by atoms with E-state index in [4.69, 9.17) is 19.0 Å². The summed E-state index contributed by atoms with van der Waals surface area (Å²) in [6.45, 7) is 7.62. The summed E-state index contributed by atoms with van der Waals surface area (Å²) in [7, 11) is 0. The summed E-state index contributed by atoms with van der Waals surface area (Å²) in [6.07, 6.45) is 0.245. The Morgan fingerprint density at radius 2 is 1.82 bits per heavy atom. The second-order valence-electron chi connectivity index (χ2n) is 7.53. The first-order chi connectivity index (χ1) is 13.2. The van der Waals surface area contributed by atoms with Crippen molar-refractivity contribution in [3.8, 4) is 17.2 Å². The van der Waals surface area contributed by atoms with Crippen molar-refractivity contribution in [2.45, 2.75) is 39.2 Å². The van der Waals surface area contributed by atoms with E-state index in [-0.39, 0.29) is 22.2 Å². The summed E-state index contributed by atoms with van der Waals surface area (Å²) in [4.78, 5) is 23.7. The first kappa shape index (κ1) is 19.5. The maximum absolute atomic E-state index is 12.8. The normalized spacial score (nSPS) is 12.6. The van der Waals surface area contributed by atoms with Crippen molar-refractivity contribution in [1.29, 1.82) is 0 Å². The van der Waals surface area contributed by atoms with Crippen LogP contribution in [0.25, 0.3) is 11.0 Å². The highest BCUT2D eigenvalue weighted by Crippen LogP contribution is 2.33. The summed E-state index contributed by atoms with van der Waals surface area (Å²) in [6, 6.07) is 12.1. The van der Waals surface area contributed by atoms with Crippen LogP contribution in [0.2, 0.25) is 0 Å². The van der Waals surface area contributed by atoms with Gasteiger partial charge in [-0.2, -0.15) is 0 Å². The zero-order valence-corrected chi connectivity index (χ0v) is 16.2. The topological polar surface area (TPSA) is 86.0 Å². The number of carboxylic acids is 1. The van der Waals surface area contributed by atoms with Crippen molar-refractivity contribution in [2.24, 2.45) is 0 Å².